The van der Waals surface area contributed by atoms with E-state index in [0.29, 0.717) is 0 Å². The van der Waals surface area contributed by atoms with Gasteiger partial charge in [0, 0.05) is 17.8 Å². The average molecular weight is 236 g/mol. The quantitative estimate of drug-likeness (QED) is 0.737. The molecule has 1 aliphatic heterocycles. The molecule has 0 unspecified atom stereocenters. The van der Waals surface area contributed by atoms with Crippen molar-refractivity contribution in [3.63, 3.8) is 0 Å². The highest BCUT2D eigenvalue weighted by molar-refractivity contribution is 5.22. The van der Waals surface area contributed by atoms with E-state index in [1.165, 1.54) is 50.2 Å². The number of likely N-dealkylation sites (tertiary alicyclic amines) is 1. The molecule has 1 saturated heterocycles. The van der Waals surface area contributed by atoms with Gasteiger partial charge in [-0.2, -0.15) is 5.10 Å². The Labute approximate surface area is 104 Å². The van der Waals surface area contributed by atoms with Crippen LogP contribution in [0.2, 0.25) is 0 Å². The molecule has 1 fully saturated rings. The molecular formula is C13H24N4. The molecule has 1 aromatic heterocycles. The SMILES string of the molecule is Cc1n[nH]c(C)c1CNCCCN1CCCC1. The van der Waals surface area contributed by atoms with Crippen molar-refractivity contribution in [3.05, 3.63) is 17.0 Å². The fourth-order valence-electron chi connectivity index (χ4n) is 2.48. The third kappa shape index (κ3) is 3.54. The van der Waals surface area contributed by atoms with Crippen LogP contribution in [0.25, 0.3) is 0 Å². The summed E-state index contributed by atoms with van der Waals surface area (Å²) in [5.74, 6) is 0. The van der Waals surface area contributed by atoms with E-state index in [-0.39, 0.29) is 0 Å². The molecule has 96 valence electrons. The summed E-state index contributed by atoms with van der Waals surface area (Å²) in [7, 11) is 0. The van der Waals surface area contributed by atoms with Crippen LogP contribution in [-0.4, -0.2) is 41.3 Å². The van der Waals surface area contributed by atoms with Gasteiger partial charge in [0.05, 0.1) is 5.69 Å². The van der Waals surface area contributed by atoms with Crippen LogP contribution in [0.5, 0.6) is 0 Å². The molecule has 0 aliphatic carbocycles. The minimum absolute atomic E-state index is 0.939. The third-order valence-electron chi connectivity index (χ3n) is 3.61. The Morgan fingerprint density at radius 3 is 2.71 bits per heavy atom. The normalized spacial score (nSPS) is 16.8. The van der Waals surface area contributed by atoms with Gasteiger partial charge in [-0.15, -0.1) is 0 Å². The summed E-state index contributed by atoms with van der Waals surface area (Å²) >= 11 is 0. The van der Waals surface area contributed by atoms with E-state index in [2.05, 4.69) is 34.3 Å². The number of rotatable bonds is 6. The maximum absolute atomic E-state index is 4.20. The van der Waals surface area contributed by atoms with Crippen LogP contribution in [0.1, 0.15) is 36.2 Å². The molecular weight excluding hydrogens is 212 g/mol. The molecule has 0 saturated carbocycles. The van der Waals surface area contributed by atoms with Crippen LogP contribution in [0.4, 0.5) is 0 Å². The predicted molar refractivity (Wildman–Crippen MR) is 70.1 cm³/mol. The third-order valence-corrected chi connectivity index (χ3v) is 3.61. The lowest BCUT2D eigenvalue weighted by Gasteiger charge is -2.14. The summed E-state index contributed by atoms with van der Waals surface area (Å²) in [6, 6.07) is 0. The monoisotopic (exact) mass is 236 g/mol. The molecule has 0 aromatic carbocycles. The molecule has 2 rings (SSSR count). The number of aryl methyl sites for hydroxylation is 2. The molecule has 2 N–H and O–H groups in total. The van der Waals surface area contributed by atoms with Crippen molar-refractivity contribution in [1.29, 1.82) is 0 Å². The van der Waals surface area contributed by atoms with Gasteiger partial charge in [-0.25, -0.2) is 0 Å². The van der Waals surface area contributed by atoms with Gasteiger partial charge in [-0.3, -0.25) is 5.10 Å². The van der Waals surface area contributed by atoms with E-state index < -0.39 is 0 Å². The highest BCUT2D eigenvalue weighted by Crippen LogP contribution is 2.09. The van der Waals surface area contributed by atoms with Gasteiger partial charge in [0.15, 0.2) is 0 Å². The van der Waals surface area contributed by atoms with E-state index in [4.69, 9.17) is 0 Å². The van der Waals surface area contributed by atoms with Gasteiger partial charge in [0.2, 0.25) is 0 Å². The molecule has 0 atom stereocenters. The number of nitrogens with one attached hydrogen (secondary N) is 2. The second-order valence-corrected chi connectivity index (χ2v) is 4.99. The van der Waals surface area contributed by atoms with Gasteiger partial charge >= 0.3 is 0 Å². The van der Waals surface area contributed by atoms with Crippen molar-refractivity contribution in [2.75, 3.05) is 26.2 Å². The Morgan fingerprint density at radius 1 is 1.29 bits per heavy atom. The van der Waals surface area contributed by atoms with Gasteiger partial charge in [-0.05, 0) is 59.3 Å². The average Bonchev–Trinajstić information content (AvgIpc) is 2.92. The molecule has 1 aromatic rings. The molecule has 0 amide bonds. The molecule has 0 spiro atoms. The maximum atomic E-state index is 4.20. The first-order valence-electron chi connectivity index (χ1n) is 6.71. The van der Waals surface area contributed by atoms with E-state index in [1.54, 1.807) is 0 Å². The number of aromatic nitrogens is 2. The van der Waals surface area contributed by atoms with E-state index in [9.17, 15) is 0 Å². The van der Waals surface area contributed by atoms with Crippen LogP contribution in [0.15, 0.2) is 0 Å². The lowest BCUT2D eigenvalue weighted by Crippen LogP contribution is -2.24. The lowest BCUT2D eigenvalue weighted by molar-refractivity contribution is 0.331. The summed E-state index contributed by atoms with van der Waals surface area (Å²) in [5, 5.41) is 10.7. The maximum Gasteiger partial charge on any atom is 0.0638 e. The summed E-state index contributed by atoms with van der Waals surface area (Å²) in [5.41, 5.74) is 3.63. The Balaban J connectivity index is 1.60. The fourth-order valence-corrected chi connectivity index (χ4v) is 2.48. The van der Waals surface area contributed by atoms with Crippen molar-refractivity contribution in [2.24, 2.45) is 0 Å². The summed E-state index contributed by atoms with van der Waals surface area (Å²) in [6.07, 6.45) is 4.03. The van der Waals surface area contributed by atoms with Crippen molar-refractivity contribution >= 4 is 0 Å². The van der Waals surface area contributed by atoms with Crippen LogP contribution in [0.3, 0.4) is 0 Å². The Morgan fingerprint density at radius 2 is 2.06 bits per heavy atom. The molecule has 4 nitrogen and oxygen atoms in total. The fraction of sp³-hybridized carbons (Fsp3) is 0.769. The highest BCUT2D eigenvalue weighted by Gasteiger charge is 2.10. The zero-order chi connectivity index (χ0) is 12.1. The standard InChI is InChI=1S/C13H24N4/c1-11-13(12(2)16-15-11)10-14-6-5-9-17-7-3-4-8-17/h14H,3-10H2,1-2H3,(H,15,16). The first-order valence-corrected chi connectivity index (χ1v) is 6.71. The zero-order valence-electron chi connectivity index (χ0n) is 11.1. The van der Waals surface area contributed by atoms with Gasteiger partial charge < -0.3 is 10.2 Å². The van der Waals surface area contributed by atoms with Crippen LogP contribution in [-0.2, 0) is 6.54 Å². The Kier molecular flexibility index (Phi) is 4.57. The first kappa shape index (κ1) is 12.6. The zero-order valence-corrected chi connectivity index (χ0v) is 11.1. The second-order valence-electron chi connectivity index (χ2n) is 4.99. The number of H-pyrrole nitrogens is 1. The van der Waals surface area contributed by atoms with Crippen LogP contribution < -0.4 is 5.32 Å². The van der Waals surface area contributed by atoms with Crippen molar-refractivity contribution in [2.45, 2.75) is 39.7 Å². The number of nitrogens with zero attached hydrogens (tertiary/aromatic N) is 2. The lowest BCUT2D eigenvalue weighted by atomic mass is 10.2. The van der Waals surface area contributed by atoms with Gasteiger partial charge in [-0.1, -0.05) is 0 Å². The van der Waals surface area contributed by atoms with Crippen LogP contribution >= 0.6 is 0 Å². The Hall–Kier alpha value is -0.870. The number of aromatic amines is 1. The van der Waals surface area contributed by atoms with Crippen molar-refractivity contribution in [3.8, 4) is 0 Å². The number of hydrogen-bond acceptors (Lipinski definition) is 3. The molecule has 0 radical (unpaired) electrons. The van der Waals surface area contributed by atoms with Crippen molar-refractivity contribution < 1.29 is 0 Å². The van der Waals surface area contributed by atoms with Crippen molar-refractivity contribution in [1.82, 2.24) is 20.4 Å². The predicted octanol–water partition coefficient (Wildman–Crippen LogP) is 1.60. The van der Waals surface area contributed by atoms with Gasteiger partial charge in [0.25, 0.3) is 0 Å². The minimum Gasteiger partial charge on any atom is -0.312 e. The minimum atomic E-state index is 0.939. The first-order chi connectivity index (χ1) is 8.27. The van der Waals surface area contributed by atoms with Crippen LogP contribution in [0, 0.1) is 13.8 Å². The molecule has 1 aliphatic rings. The summed E-state index contributed by atoms with van der Waals surface area (Å²) < 4.78 is 0. The molecule has 2 heterocycles. The smallest absolute Gasteiger partial charge is 0.0638 e. The van der Waals surface area contributed by atoms with Gasteiger partial charge in [0.1, 0.15) is 0 Å². The molecule has 0 bridgehead atoms. The van der Waals surface area contributed by atoms with E-state index >= 15 is 0 Å². The highest BCUT2D eigenvalue weighted by atomic mass is 15.1. The largest absolute Gasteiger partial charge is 0.312 e. The Bertz CT molecular complexity index is 320. The summed E-state index contributed by atoms with van der Waals surface area (Å²) in [4.78, 5) is 2.57. The van der Waals surface area contributed by atoms with E-state index in [0.717, 1.165) is 18.8 Å². The second kappa shape index (κ2) is 6.17. The number of hydrogen-bond donors (Lipinski definition) is 2. The topological polar surface area (TPSA) is 44.0 Å². The molecule has 4 heteroatoms. The molecule has 17 heavy (non-hydrogen) atoms. The summed E-state index contributed by atoms with van der Waals surface area (Å²) in [6.45, 7) is 10.0. The van der Waals surface area contributed by atoms with E-state index in [1.807, 2.05) is 0 Å².